The van der Waals surface area contributed by atoms with Crippen LogP contribution >= 0.6 is 0 Å². The Morgan fingerprint density at radius 1 is 1.33 bits per heavy atom. The number of halogens is 1. The summed E-state index contributed by atoms with van der Waals surface area (Å²) >= 11 is 0. The van der Waals surface area contributed by atoms with Crippen LogP contribution in [0.5, 0.6) is 0 Å². The van der Waals surface area contributed by atoms with Gasteiger partial charge in [-0.1, -0.05) is 30.3 Å². The zero-order valence-electron chi connectivity index (χ0n) is 6.78. The summed E-state index contributed by atoms with van der Waals surface area (Å²) in [5.41, 5.74) is 0.680. The van der Waals surface area contributed by atoms with Crippen LogP contribution in [0.3, 0.4) is 0 Å². The van der Waals surface area contributed by atoms with E-state index in [2.05, 4.69) is 0 Å². The highest BCUT2D eigenvalue weighted by molar-refractivity contribution is 5.17. The first-order valence-electron chi connectivity index (χ1n) is 3.99. The maximum Gasteiger partial charge on any atom is 0.125 e. The van der Waals surface area contributed by atoms with Crippen molar-refractivity contribution in [1.82, 2.24) is 0 Å². The molecule has 2 heteroatoms. The Hall–Kier alpha value is -0.890. The zero-order valence-corrected chi connectivity index (χ0v) is 6.78. The Labute approximate surface area is 71.9 Å². The summed E-state index contributed by atoms with van der Waals surface area (Å²) in [6.45, 7) is 0.996. The molecule has 65 valence electrons. The van der Waals surface area contributed by atoms with Crippen molar-refractivity contribution in [3.8, 4) is 0 Å². The van der Waals surface area contributed by atoms with Gasteiger partial charge in [-0.3, -0.25) is 0 Å². The third-order valence-corrected chi connectivity index (χ3v) is 1.71. The van der Waals surface area contributed by atoms with Gasteiger partial charge in [0.25, 0.3) is 0 Å². The number of aliphatic hydroxyl groups is 1. The standard InChI is InChI=1S/C10H12FO/c11-10(7-4-8-12)9-5-2-1-3-6-9/h1-3,5-6,8,10,12H,4,7H2. The molecule has 0 aromatic heterocycles. The summed E-state index contributed by atoms with van der Waals surface area (Å²) in [5.74, 6) is 0. The van der Waals surface area contributed by atoms with Crippen molar-refractivity contribution < 1.29 is 9.50 Å². The molecule has 0 spiro atoms. The highest BCUT2D eigenvalue weighted by atomic mass is 19.1. The van der Waals surface area contributed by atoms with Gasteiger partial charge in [0.2, 0.25) is 0 Å². The summed E-state index contributed by atoms with van der Waals surface area (Å²) in [5, 5.41) is 8.37. The lowest BCUT2D eigenvalue weighted by atomic mass is 10.1. The number of hydrogen-bond acceptors (Lipinski definition) is 1. The number of aliphatic hydroxyl groups excluding tert-OH is 1. The third-order valence-electron chi connectivity index (χ3n) is 1.71. The van der Waals surface area contributed by atoms with Crippen molar-refractivity contribution >= 4 is 0 Å². The summed E-state index contributed by atoms with van der Waals surface area (Å²) in [7, 11) is 0. The topological polar surface area (TPSA) is 20.2 Å². The molecule has 0 saturated heterocycles. The number of hydrogen-bond donors (Lipinski definition) is 1. The normalized spacial score (nSPS) is 12.8. The van der Waals surface area contributed by atoms with Crippen LogP contribution in [0.15, 0.2) is 30.3 Å². The van der Waals surface area contributed by atoms with Crippen LogP contribution in [-0.4, -0.2) is 5.11 Å². The second kappa shape index (κ2) is 4.88. The minimum atomic E-state index is -0.963. The van der Waals surface area contributed by atoms with Gasteiger partial charge in [-0.2, -0.15) is 0 Å². The molecule has 0 aliphatic rings. The van der Waals surface area contributed by atoms with Crippen LogP contribution < -0.4 is 0 Å². The second-order valence-electron chi connectivity index (χ2n) is 2.64. The predicted molar refractivity (Wildman–Crippen MR) is 45.8 cm³/mol. The Balaban J connectivity index is 2.48. The molecule has 0 fully saturated rings. The number of rotatable bonds is 4. The Bertz CT molecular complexity index is 210. The van der Waals surface area contributed by atoms with E-state index in [0.717, 1.165) is 6.61 Å². The molecular formula is C10H12FO. The minimum absolute atomic E-state index is 0.348. The maximum absolute atomic E-state index is 13.2. The molecule has 12 heavy (non-hydrogen) atoms. The minimum Gasteiger partial charge on any atom is -0.390 e. The summed E-state index contributed by atoms with van der Waals surface area (Å²) < 4.78 is 13.2. The van der Waals surface area contributed by atoms with E-state index in [4.69, 9.17) is 5.11 Å². The van der Waals surface area contributed by atoms with E-state index in [-0.39, 0.29) is 0 Å². The second-order valence-corrected chi connectivity index (χ2v) is 2.64. The molecule has 1 nitrogen and oxygen atoms in total. The van der Waals surface area contributed by atoms with Crippen molar-refractivity contribution in [3.05, 3.63) is 42.5 Å². The van der Waals surface area contributed by atoms with Gasteiger partial charge in [0, 0.05) is 0 Å². The first-order valence-corrected chi connectivity index (χ1v) is 3.99. The quantitative estimate of drug-likeness (QED) is 0.730. The van der Waals surface area contributed by atoms with E-state index in [1.807, 2.05) is 18.2 Å². The molecule has 0 aliphatic heterocycles. The summed E-state index contributed by atoms with van der Waals surface area (Å²) in [4.78, 5) is 0. The van der Waals surface area contributed by atoms with E-state index in [1.165, 1.54) is 0 Å². The van der Waals surface area contributed by atoms with Gasteiger partial charge in [0.1, 0.15) is 6.17 Å². The molecule has 0 aliphatic carbocycles. The van der Waals surface area contributed by atoms with Crippen LogP contribution in [0, 0.1) is 6.61 Å². The molecule has 0 bridgehead atoms. The van der Waals surface area contributed by atoms with Crippen molar-refractivity contribution in [1.29, 1.82) is 0 Å². The van der Waals surface area contributed by atoms with Crippen molar-refractivity contribution in [2.45, 2.75) is 19.0 Å². The van der Waals surface area contributed by atoms with Crippen molar-refractivity contribution in [2.24, 2.45) is 0 Å². The average molecular weight is 167 g/mol. The van der Waals surface area contributed by atoms with E-state index >= 15 is 0 Å². The molecule has 1 radical (unpaired) electrons. The zero-order chi connectivity index (χ0) is 8.81. The molecule has 1 atom stereocenters. The van der Waals surface area contributed by atoms with E-state index < -0.39 is 6.17 Å². The van der Waals surface area contributed by atoms with Crippen molar-refractivity contribution in [2.75, 3.05) is 0 Å². The Kier molecular flexibility index (Phi) is 3.74. The number of benzene rings is 1. The highest BCUT2D eigenvalue weighted by Crippen LogP contribution is 2.22. The van der Waals surface area contributed by atoms with Gasteiger partial charge in [0.15, 0.2) is 0 Å². The van der Waals surface area contributed by atoms with Crippen molar-refractivity contribution in [3.63, 3.8) is 0 Å². The van der Waals surface area contributed by atoms with Crippen LogP contribution in [-0.2, 0) is 0 Å². The van der Waals surface area contributed by atoms with Crippen LogP contribution in [0.4, 0.5) is 4.39 Å². The van der Waals surface area contributed by atoms with E-state index in [0.29, 0.717) is 18.4 Å². The van der Waals surface area contributed by atoms with E-state index in [9.17, 15) is 4.39 Å². The molecule has 1 aromatic rings. The van der Waals surface area contributed by atoms with Gasteiger partial charge < -0.3 is 5.11 Å². The lowest BCUT2D eigenvalue weighted by molar-refractivity contribution is 0.292. The molecular weight excluding hydrogens is 155 g/mol. The predicted octanol–water partition coefficient (Wildman–Crippen LogP) is 3.01. The molecule has 0 saturated carbocycles. The summed E-state index contributed by atoms with van der Waals surface area (Å²) in [6.07, 6.45) is -0.217. The monoisotopic (exact) mass is 167 g/mol. The fourth-order valence-electron chi connectivity index (χ4n) is 1.05. The fourth-order valence-corrected chi connectivity index (χ4v) is 1.05. The molecule has 1 N–H and O–H groups in total. The maximum atomic E-state index is 13.2. The van der Waals surface area contributed by atoms with Gasteiger partial charge in [-0.25, -0.2) is 4.39 Å². The van der Waals surface area contributed by atoms with Crippen LogP contribution in [0.2, 0.25) is 0 Å². The highest BCUT2D eigenvalue weighted by Gasteiger charge is 2.07. The van der Waals surface area contributed by atoms with Gasteiger partial charge >= 0.3 is 0 Å². The summed E-state index contributed by atoms with van der Waals surface area (Å²) in [6, 6.07) is 8.98. The molecule has 0 heterocycles. The third kappa shape index (κ3) is 2.62. The molecule has 0 amide bonds. The van der Waals surface area contributed by atoms with Crippen LogP contribution in [0.1, 0.15) is 24.6 Å². The Morgan fingerprint density at radius 3 is 2.58 bits per heavy atom. The first kappa shape index (κ1) is 9.20. The lowest BCUT2D eigenvalue weighted by Crippen LogP contribution is -1.91. The molecule has 1 rings (SSSR count). The fraction of sp³-hybridized carbons (Fsp3) is 0.300. The average Bonchev–Trinajstić information content (AvgIpc) is 2.15. The van der Waals surface area contributed by atoms with Gasteiger partial charge in [0.05, 0.1) is 6.61 Å². The van der Waals surface area contributed by atoms with Crippen LogP contribution in [0.25, 0.3) is 0 Å². The SMILES string of the molecule is O[CH]CCC(F)c1ccccc1. The first-order chi connectivity index (χ1) is 5.84. The molecule has 1 unspecified atom stereocenters. The largest absolute Gasteiger partial charge is 0.390 e. The van der Waals surface area contributed by atoms with E-state index in [1.54, 1.807) is 12.1 Å². The number of alkyl halides is 1. The smallest absolute Gasteiger partial charge is 0.125 e. The van der Waals surface area contributed by atoms with Gasteiger partial charge in [-0.05, 0) is 18.4 Å². The van der Waals surface area contributed by atoms with Gasteiger partial charge in [-0.15, -0.1) is 0 Å². The molecule has 1 aromatic carbocycles. The lowest BCUT2D eigenvalue weighted by Gasteiger charge is -2.05. The Morgan fingerprint density at radius 2 is 2.00 bits per heavy atom.